The Morgan fingerprint density at radius 3 is 2.43 bits per heavy atom. The van der Waals surface area contributed by atoms with Crippen molar-refractivity contribution in [1.29, 1.82) is 0 Å². The predicted molar refractivity (Wildman–Crippen MR) is 79.1 cm³/mol. The molecule has 0 atom stereocenters. The van der Waals surface area contributed by atoms with Crippen LogP contribution in [0.25, 0.3) is 11.3 Å². The van der Waals surface area contributed by atoms with E-state index in [4.69, 9.17) is 0 Å². The molecule has 124 valence electrons. The van der Waals surface area contributed by atoms with Gasteiger partial charge in [0, 0.05) is 44.5 Å². The van der Waals surface area contributed by atoms with Crippen molar-refractivity contribution in [3.8, 4) is 11.3 Å². The zero-order valence-electron chi connectivity index (χ0n) is 12.9. The minimum Gasteiger partial charge on any atom is -0.338 e. The van der Waals surface area contributed by atoms with Crippen LogP contribution < -0.4 is 10.2 Å². The Morgan fingerprint density at radius 2 is 1.87 bits per heavy atom. The molecule has 3 rings (SSSR count). The molecule has 2 aromatic heterocycles. The predicted octanol–water partition coefficient (Wildman–Crippen LogP) is 1.61. The summed E-state index contributed by atoms with van der Waals surface area (Å²) >= 11 is 0. The van der Waals surface area contributed by atoms with Crippen molar-refractivity contribution in [2.24, 2.45) is 7.05 Å². The van der Waals surface area contributed by atoms with E-state index in [9.17, 15) is 13.2 Å². The van der Waals surface area contributed by atoms with Gasteiger partial charge in [-0.3, -0.25) is 4.68 Å². The molecular weight excluding hydrogens is 309 g/mol. The first-order valence-electron chi connectivity index (χ1n) is 7.27. The minimum atomic E-state index is -4.52. The number of anilines is 1. The largest absolute Gasteiger partial charge is 0.433 e. The van der Waals surface area contributed by atoms with Gasteiger partial charge in [-0.15, -0.1) is 0 Å². The Kier molecular flexibility index (Phi) is 3.97. The van der Waals surface area contributed by atoms with E-state index in [0.29, 0.717) is 31.7 Å². The average Bonchev–Trinajstić information content (AvgIpc) is 2.86. The molecule has 2 aromatic rings. The third-order valence-electron chi connectivity index (χ3n) is 3.92. The molecule has 0 unspecified atom stereocenters. The maximum absolute atomic E-state index is 13.2. The Labute approximate surface area is 131 Å². The summed E-state index contributed by atoms with van der Waals surface area (Å²) in [6, 6.07) is 0.982. The first kappa shape index (κ1) is 15.7. The fourth-order valence-electron chi connectivity index (χ4n) is 2.47. The number of hydrogen-bond acceptors (Lipinski definition) is 5. The van der Waals surface area contributed by atoms with Crippen molar-refractivity contribution in [2.45, 2.75) is 13.1 Å². The van der Waals surface area contributed by atoms with Crippen LogP contribution in [0.1, 0.15) is 11.4 Å². The molecule has 1 aliphatic heterocycles. The SMILES string of the molecule is Cc1c(-c2cc(C(F)(F)F)nc(N3CCNCC3)n2)cnn1C. The van der Waals surface area contributed by atoms with Gasteiger partial charge in [0.1, 0.15) is 0 Å². The van der Waals surface area contributed by atoms with Gasteiger partial charge >= 0.3 is 6.18 Å². The van der Waals surface area contributed by atoms with Crippen molar-refractivity contribution in [3.05, 3.63) is 23.7 Å². The lowest BCUT2D eigenvalue weighted by atomic mass is 10.1. The molecule has 9 heteroatoms. The van der Waals surface area contributed by atoms with Crippen LogP contribution in [0.5, 0.6) is 0 Å². The highest BCUT2D eigenvalue weighted by Crippen LogP contribution is 2.32. The quantitative estimate of drug-likeness (QED) is 0.909. The van der Waals surface area contributed by atoms with Gasteiger partial charge in [0.15, 0.2) is 5.69 Å². The number of alkyl halides is 3. The average molecular weight is 326 g/mol. The lowest BCUT2D eigenvalue weighted by Gasteiger charge is -2.28. The molecule has 23 heavy (non-hydrogen) atoms. The highest BCUT2D eigenvalue weighted by molar-refractivity contribution is 5.63. The summed E-state index contributed by atoms with van der Waals surface area (Å²) in [6.45, 7) is 4.34. The van der Waals surface area contributed by atoms with E-state index in [-0.39, 0.29) is 11.6 Å². The van der Waals surface area contributed by atoms with Crippen LogP contribution in [0, 0.1) is 6.92 Å². The lowest BCUT2D eigenvalue weighted by molar-refractivity contribution is -0.141. The summed E-state index contributed by atoms with van der Waals surface area (Å²) in [5.41, 5.74) is 0.644. The van der Waals surface area contributed by atoms with E-state index >= 15 is 0 Å². The summed E-state index contributed by atoms with van der Waals surface area (Å²) in [5, 5.41) is 7.23. The Balaban J connectivity index is 2.09. The van der Waals surface area contributed by atoms with Crippen LogP contribution >= 0.6 is 0 Å². The van der Waals surface area contributed by atoms with Crippen LogP contribution in [0.4, 0.5) is 19.1 Å². The van der Waals surface area contributed by atoms with Crippen LogP contribution in [-0.2, 0) is 13.2 Å². The zero-order valence-corrected chi connectivity index (χ0v) is 12.9. The fourth-order valence-corrected chi connectivity index (χ4v) is 2.47. The van der Waals surface area contributed by atoms with Gasteiger partial charge < -0.3 is 10.2 Å². The van der Waals surface area contributed by atoms with Gasteiger partial charge in [-0.1, -0.05) is 0 Å². The molecule has 0 bridgehead atoms. The molecular formula is C14H17F3N6. The molecule has 0 saturated carbocycles. The van der Waals surface area contributed by atoms with Gasteiger partial charge in [-0.25, -0.2) is 9.97 Å². The van der Waals surface area contributed by atoms with Crippen LogP contribution in [-0.4, -0.2) is 45.9 Å². The highest BCUT2D eigenvalue weighted by Gasteiger charge is 2.34. The van der Waals surface area contributed by atoms with Crippen LogP contribution in [0.2, 0.25) is 0 Å². The van der Waals surface area contributed by atoms with Crippen molar-refractivity contribution in [1.82, 2.24) is 25.1 Å². The number of nitrogens with zero attached hydrogens (tertiary/aromatic N) is 5. The molecule has 0 aromatic carbocycles. The normalized spacial score (nSPS) is 16.0. The van der Waals surface area contributed by atoms with Gasteiger partial charge in [0.05, 0.1) is 11.9 Å². The third kappa shape index (κ3) is 3.14. The van der Waals surface area contributed by atoms with E-state index in [0.717, 1.165) is 11.8 Å². The highest BCUT2D eigenvalue weighted by atomic mass is 19.4. The second-order valence-corrected chi connectivity index (χ2v) is 5.44. The smallest absolute Gasteiger partial charge is 0.338 e. The number of hydrogen-bond donors (Lipinski definition) is 1. The second-order valence-electron chi connectivity index (χ2n) is 5.44. The van der Waals surface area contributed by atoms with Crippen molar-refractivity contribution < 1.29 is 13.2 Å². The zero-order chi connectivity index (χ0) is 16.6. The van der Waals surface area contributed by atoms with Crippen molar-refractivity contribution >= 4 is 5.95 Å². The van der Waals surface area contributed by atoms with Crippen molar-refractivity contribution in [2.75, 3.05) is 31.1 Å². The molecule has 1 aliphatic rings. The molecule has 0 aliphatic carbocycles. The Bertz CT molecular complexity index is 703. The maximum atomic E-state index is 13.2. The molecule has 1 saturated heterocycles. The van der Waals surface area contributed by atoms with E-state index in [1.54, 1.807) is 23.6 Å². The molecule has 0 spiro atoms. The summed E-state index contributed by atoms with van der Waals surface area (Å²) in [7, 11) is 1.74. The topological polar surface area (TPSA) is 58.9 Å². The molecule has 0 radical (unpaired) electrons. The first-order valence-corrected chi connectivity index (χ1v) is 7.27. The maximum Gasteiger partial charge on any atom is 0.433 e. The molecule has 1 N–H and O–H groups in total. The Hall–Kier alpha value is -2.16. The van der Waals surface area contributed by atoms with Gasteiger partial charge in [0.25, 0.3) is 0 Å². The molecule has 6 nitrogen and oxygen atoms in total. The van der Waals surface area contributed by atoms with E-state index < -0.39 is 11.9 Å². The summed E-state index contributed by atoms with van der Waals surface area (Å²) in [4.78, 5) is 9.84. The Morgan fingerprint density at radius 1 is 1.17 bits per heavy atom. The number of aromatic nitrogens is 4. The number of nitrogens with one attached hydrogen (secondary N) is 1. The second kappa shape index (κ2) is 5.80. The summed E-state index contributed by atoms with van der Waals surface area (Å²) in [6.07, 6.45) is -2.99. The van der Waals surface area contributed by atoms with E-state index in [1.807, 2.05) is 0 Å². The van der Waals surface area contributed by atoms with Crippen molar-refractivity contribution in [3.63, 3.8) is 0 Å². The van der Waals surface area contributed by atoms with Gasteiger partial charge in [-0.2, -0.15) is 18.3 Å². The molecule has 1 fully saturated rings. The molecule has 3 heterocycles. The van der Waals surface area contributed by atoms with Crippen LogP contribution in [0.15, 0.2) is 12.3 Å². The number of piperazine rings is 1. The van der Waals surface area contributed by atoms with E-state index in [1.165, 1.54) is 6.20 Å². The number of aryl methyl sites for hydroxylation is 1. The summed E-state index contributed by atoms with van der Waals surface area (Å²) < 4.78 is 41.2. The number of rotatable bonds is 2. The van der Waals surface area contributed by atoms with Gasteiger partial charge in [0.2, 0.25) is 5.95 Å². The first-order chi connectivity index (χ1) is 10.9. The standard InChI is InChI=1S/C14H17F3N6/c1-9-10(8-19-22(9)2)11-7-12(14(15,16)17)21-13(20-11)23-5-3-18-4-6-23/h7-8,18H,3-6H2,1-2H3. The van der Waals surface area contributed by atoms with Gasteiger partial charge in [-0.05, 0) is 13.0 Å². The van der Waals surface area contributed by atoms with Crippen LogP contribution in [0.3, 0.4) is 0 Å². The number of halogens is 3. The van der Waals surface area contributed by atoms with E-state index in [2.05, 4.69) is 20.4 Å². The summed E-state index contributed by atoms with van der Waals surface area (Å²) in [5.74, 6) is 0.111. The molecule has 0 amide bonds. The fraction of sp³-hybridized carbons (Fsp3) is 0.500. The lowest BCUT2D eigenvalue weighted by Crippen LogP contribution is -2.44. The monoisotopic (exact) mass is 326 g/mol. The third-order valence-corrected chi connectivity index (χ3v) is 3.92. The minimum absolute atomic E-state index is 0.111.